The number of hydrogen-bond donors (Lipinski definition) is 1. The smallest absolute Gasteiger partial charge is 0.255 e. The molecule has 1 N–H and O–H groups in total. The van der Waals surface area contributed by atoms with Gasteiger partial charge in [-0.25, -0.2) is 0 Å². The third-order valence-corrected chi connectivity index (χ3v) is 4.93. The van der Waals surface area contributed by atoms with Crippen LogP contribution in [0.5, 0.6) is 5.75 Å². The molecule has 0 unspecified atom stereocenters. The normalized spacial score (nSPS) is 30.7. The third-order valence-electron chi connectivity index (χ3n) is 4.93. The number of fused-ring (bicyclic) bond motifs is 4. The van der Waals surface area contributed by atoms with Crippen LogP contribution in [0.1, 0.15) is 28.8 Å². The molecular weight excluding hydrogens is 252 g/mol. The number of para-hydroxylation sites is 1. The summed E-state index contributed by atoms with van der Waals surface area (Å²) < 4.78 is 5.63. The van der Waals surface area contributed by atoms with Gasteiger partial charge in [0.2, 0.25) is 0 Å². The lowest BCUT2D eigenvalue weighted by molar-refractivity contribution is 0.0619. The van der Waals surface area contributed by atoms with E-state index < -0.39 is 0 Å². The summed E-state index contributed by atoms with van der Waals surface area (Å²) in [6, 6.07) is 6.19. The zero-order valence-corrected chi connectivity index (χ0v) is 11.6. The minimum Gasteiger partial charge on any atom is -0.492 e. The van der Waals surface area contributed by atoms with Crippen molar-refractivity contribution in [3.8, 4) is 5.75 Å². The van der Waals surface area contributed by atoms with Crippen LogP contribution >= 0.6 is 0 Å². The van der Waals surface area contributed by atoms with Gasteiger partial charge in [0.15, 0.2) is 0 Å². The van der Waals surface area contributed by atoms with E-state index in [0.29, 0.717) is 24.1 Å². The van der Waals surface area contributed by atoms with Gasteiger partial charge in [-0.15, -0.1) is 0 Å². The van der Waals surface area contributed by atoms with Gasteiger partial charge in [-0.1, -0.05) is 12.1 Å². The van der Waals surface area contributed by atoms with E-state index >= 15 is 0 Å². The second kappa shape index (κ2) is 4.77. The molecule has 0 aromatic heterocycles. The second-order valence-electron chi connectivity index (χ2n) is 6.11. The lowest BCUT2D eigenvalue weighted by atomic mass is 9.84. The van der Waals surface area contributed by atoms with Gasteiger partial charge in [-0.2, -0.15) is 0 Å². The molecule has 4 heteroatoms. The lowest BCUT2D eigenvalue weighted by Gasteiger charge is -2.44. The van der Waals surface area contributed by atoms with E-state index in [4.69, 9.17) is 4.74 Å². The van der Waals surface area contributed by atoms with Crippen molar-refractivity contribution >= 4 is 5.91 Å². The molecule has 1 amide bonds. The molecule has 0 radical (unpaired) electrons. The number of nitrogens with zero attached hydrogens (tertiary/aromatic N) is 1. The van der Waals surface area contributed by atoms with Crippen molar-refractivity contribution in [1.29, 1.82) is 0 Å². The van der Waals surface area contributed by atoms with Crippen molar-refractivity contribution in [2.24, 2.45) is 5.92 Å². The van der Waals surface area contributed by atoms with Gasteiger partial charge in [0.25, 0.3) is 5.91 Å². The number of rotatable bonds is 2. The average Bonchev–Trinajstić information content (AvgIpc) is 2.96. The highest BCUT2D eigenvalue weighted by Crippen LogP contribution is 2.31. The van der Waals surface area contributed by atoms with Crippen LogP contribution in [0.2, 0.25) is 0 Å². The Morgan fingerprint density at radius 1 is 1.30 bits per heavy atom. The van der Waals surface area contributed by atoms with Crippen LogP contribution in [0.15, 0.2) is 18.2 Å². The van der Waals surface area contributed by atoms with E-state index in [2.05, 4.69) is 10.2 Å². The maximum Gasteiger partial charge on any atom is 0.255 e. The van der Waals surface area contributed by atoms with Crippen LogP contribution < -0.4 is 10.1 Å². The number of ether oxygens (including phenoxy) is 1. The van der Waals surface area contributed by atoms with E-state index in [1.165, 1.54) is 25.9 Å². The molecule has 106 valence electrons. The van der Waals surface area contributed by atoms with Crippen molar-refractivity contribution in [3.05, 3.63) is 29.3 Å². The first-order valence-corrected chi connectivity index (χ1v) is 7.59. The predicted molar refractivity (Wildman–Crippen MR) is 76.1 cm³/mol. The first kappa shape index (κ1) is 12.2. The third kappa shape index (κ3) is 1.99. The molecule has 1 atom stereocenters. The van der Waals surface area contributed by atoms with Gasteiger partial charge in [0, 0.05) is 19.0 Å². The Morgan fingerprint density at radius 3 is 2.90 bits per heavy atom. The van der Waals surface area contributed by atoms with Crippen molar-refractivity contribution < 1.29 is 9.53 Å². The molecule has 4 aliphatic heterocycles. The Morgan fingerprint density at radius 2 is 2.15 bits per heavy atom. The first-order chi connectivity index (χ1) is 9.81. The molecule has 0 aliphatic carbocycles. The lowest BCUT2D eigenvalue weighted by Crippen LogP contribution is -2.57. The van der Waals surface area contributed by atoms with E-state index in [9.17, 15) is 4.79 Å². The Bertz CT molecular complexity index is 535. The molecule has 0 spiro atoms. The molecular formula is C16H20N2O2. The number of amides is 1. The quantitative estimate of drug-likeness (QED) is 0.886. The van der Waals surface area contributed by atoms with Crippen molar-refractivity contribution in [3.63, 3.8) is 0 Å². The zero-order valence-electron chi connectivity index (χ0n) is 11.6. The van der Waals surface area contributed by atoms with E-state index in [0.717, 1.165) is 24.3 Å². The first-order valence-electron chi connectivity index (χ1n) is 7.59. The van der Waals surface area contributed by atoms with E-state index in [1.54, 1.807) is 0 Å². The number of carbonyl (C=O) groups excluding carboxylic acids is 1. The van der Waals surface area contributed by atoms with E-state index in [1.807, 2.05) is 18.2 Å². The fourth-order valence-corrected chi connectivity index (χ4v) is 3.77. The highest BCUT2D eigenvalue weighted by Gasteiger charge is 2.35. The second-order valence-corrected chi connectivity index (χ2v) is 6.11. The Hall–Kier alpha value is -1.55. The molecule has 3 fully saturated rings. The largest absolute Gasteiger partial charge is 0.492 e. The summed E-state index contributed by atoms with van der Waals surface area (Å²) in [5.41, 5.74) is 1.86. The maximum absolute atomic E-state index is 12.5. The summed E-state index contributed by atoms with van der Waals surface area (Å²) in [5, 5.41) is 3.24. The number of carbonyl (C=O) groups is 1. The monoisotopic (exact) mass is 272 g/mol. The highest BCUT2D eigenvalue weighted by molar-refractivity contribution is 5.97. The van der Waals surface area contributed by atoms with Gasteiger partial charge in [-0.3, -0.25) is 4.79 Å². The SMILES string of the molecule is O=C(N[C@@H]1CN2CCC1CC2)c1cccc2c1OCC2. The van der Waals surface area contributed by atoms with Gasteiger partial charge >= 0.3 is 0 Å². The van der Waals surface area contributed by atoms with E-state index in [-0.39, 0.29) is 5.91 Å². The summed E-state index contributed by atoms with van der Waals surface area (Å²) in [7, 11) is 0. The van der Waals surface area contributed by atoms with Gasteiger partial charge < -0.3 is 15.0 Å². The Balaban J connectivity index is 1.52. The standard InChI is InChI=1S/C16H20N2O2/c19-16(13-3-1-2-12-6-9-20-15(12)13)17-14-10-18-7-4-11(14)5-8-18/h1-3,11,14H,4-10H2,(H,17,19)/t14-/m1/s1. The molecule has 4 heterocycles. The summed E-state index contributed by atoms with van der Waals surface area (Å²) in [5.74, 6) is 1.48. The van der Waals surface area contributed by atoms with Crippen LogP contribution in [0.4, 0.5) is 0 Å². The van der Waals surface area contributed by atoms with Crippen LogP contribution in [-0.2, 0) is 6.42 Å². The fourth-order valence-electron chi connectivity index (χ4n) is 3.77. The summed E-state index contributed by atoms with van der Waals surface area (Å²) >= 11 is 0. The molecule has 1 aromatic rings. The topological polar surface area (TPSA) is 41.6 Å². The number of nitrogens with one attached hydrogen (secondary N) is 1. The minimum atomic E-state index is 0.0301. The van der Waals surface area contributed by atoms with Crippen molar-refractivity contribution in [2.45, 2.75) is 25.3 Å². The van der Waals surface area contributed by atoms with Crippen LogP contribution in [0, 0.1) is 5.92 Å². The van der Waals surface area contributed by atoms with Crippen molar-refractivity contribution in [1.82, 2.24) is 10.2 Å². The number of piperidine rings is 3. The zero-order chi connectivity index (χ0) is 13.5. The highest BCUT2D eigenvalue weighted by atomic mass is 16.5. The minimum absolute atomic E-state index is 0.0301. The van der Waals surface area contributed by atoms with Crippen LogP contribution in [0.3, 0.4) is 0 Å². The molecule has 3 saturated heterocycles. The number of benzene rings is 1. The summed E-state index contributed by atoms with van der Waals surface area (Å²) in [6.45, 7) is 4.09. The Labute approximate surface area is 119 Å². The molecule has 2 bridgehead atoms. The maximum atomic E-state index is 12.5. The van der Waals surface area contributed by atoms with Gasteiger partial charge in [0.05, 0.1) is 12.2 Å². The summed E-state index contributed by atoms with van der Waals surface area (Å²) in [4.78, 5) is 15.0. The predicted octanol–water partition coefficient (Wildman–Crippen LogP) is 1.45. The van der Waals surface area contributed by atoms with Crippen LogP contribution in [0.25, 0.3) is 0 Å². The van der Waals surface area contributed by atoms with Gasteiger partial charge in [-0.05, 0) is 43.5 Å². The molecule has 5 rings (SSSR count). The van der Waals surface area contributed by atoms with Crippen molar-refractivity contribution in [2.75, 3.05) is 26.2 Å². The molecule has 0 saturated carbocycles. The molecule has 1 aromatic carbocycles. The van der Waals surface area contributed by atoms with Gasteiger partial charge in [0.1, 0.15) is 5.75 Å². The van der Waals surface area contributed by atoms with Crippen LogP contribution in [-0.4, -0.2) is 43.1 Å². The average molecular weight is 272 g/mol. The Kier molecular flexibility index (Phi) is 2.91. The fraction of sp³-hybridized carbons (Fsp3) is 0.562. The summed E-state index contributed by atoms with van der Waals surface area (Å²) in [6.07, 6.45) is 3.35. The molecule has 20 heavy (non-hydrogen) atoms. The number of hydrogen-bond acceptors (Lipinski definition) is 3. The molecule has 4 nitrogen and oxygen atoms in total. The molecule has 4 aliphatic rings.